The fraction of sp³-hybridized carbons (Fsp3) is 0.792. The van der Waals surface area contributed by atoms with E-state index in [1.165, 1.54) is 0 Å². The van der Waals surface area contributed by atoms with Crippen LogP contribution in [-0.2, 0) is 19.1 Å². The summed E-state index contributed by atoms with van der Waals surface area (Å²) in [5, 5.41) is 19.1. The third-order valence-corrected chi connectivity index (χ3v) is 8.83. The minimum Gasteiger partial charge on any atom is -0.481 e. The Bertz CT molecular complexity index is 787. The molecular formula is C24H35BrN2O6. The van der Waals surface area contributed by atoms with E-state index in [1.807, 2.05) is 4.90 Å². The van der Waals surface area contributed by atoms with Crippen molar-refractivity contribution in [1.29, 1.82) is 0 Å². The van der Waals surface area contributed by atoms with E-state index in [1.54, 1.807) is 11.0 Å². The molecule has 2 N–H and O–H groups in total. The summed E-state index contributed by atoms with van der Waals surface area (Å²) in [6.07, 6.45) is 8.68. The molecule has 3 aliphatic heterocycles. The van der Waals surface area contributed by atoms with Gasteiger partial charge < -0.3 is 24.7 Å². The number of aliphatic hydroxyl groups is 1. The van der Waals surface area contributed by atoms with Gasteiger partial charge in [0.1, 0.15) is 11.6 Å². The number of fused-ring (bicyclic) bond motifs is 1. The highest BCUT2D eigenvalue weighted by molar-refractivity contribution is 9.09. The predicted molar refractivity (Wildman–Crippen MR) is 125 cm³/mol. The van der Waals surface area contributed by atoms with Crippen molar-refractivity contribution in [3.8, 4) is 0 Å². The summed E-state index contributed by atoms with van der Waals surface area (Å²) in [5.74, 6) is -3.29. The van der Waals surface area contributed by atoms with Gasteiger partial charge in [0.15, 0.2) is 0 Å². The molecule has 2 bridgehead atoms. The second-order valence-corrected chi connectivity index (χ2v) is 11.1. The average Bonchev–Trinajstić information content (AvgIpc) is 3.39. The van der Waals surface area contributed by atoms with Crippen LogP contribution in [0.25, 0.3) is 0 Å². The van der Waals surface area contributed by atoms with Crippen LogP contribution >= 0.6 is 15.9 Å². The Balaban J connectivity index is 1.69. The summed E-state index contributed by atoms with van der Waals surface area (Å²) in [4.78, 5) is 43.3. The largest absolute Gasteiger partial charge is 0.481 e. The standard InChI is InChI=1S/C24H35BrN2O6/c1-2-11-26(15-9-5-3-6-10-15)22(30)20-24-14-16(25)19(33-24)17(23(31)32)18(24)21(29)27(20)12-7-4-8-13-28/h2,15-20,28H,1,3-14H2,(H,31,32)/t16?,17-,18-,19-,20?,24?/m0/s1. The Morgan fingerprint density at radius 3 is 2.61 bits per heavy atom. The number of amides is 2. The highest BCUT2D eigenvalue weighted by Gasteiger charge is 2.76. The topological polar surface area (TPSA) is 107 Å². The van der Waals surface area contributed by atoms with Gasteiger partial charge in [-0.1, -0.05) is 41.3 Å². The number of carboxylic acid groups (broad SMARTS) is 1. The second-order valence-electron chi connectivity index (χ2n) is 9.89. The van der Waals surface area contributed by atoms with E-state index >= 15 is 0 Å². The van der Waals surface area contributed by atoms with Crippen LogP contribution in [0.2, 0.25) is 0 Å². The van der Waals surface area contributed by atoms with Gasteiger partial charge in [0.2, 0.25) is 11.8 Å². The lowest BCUT2D eigenvalue weighted by Gasteiger charge is -2.41. The number of unbranched alkanes of at least 4 members (excludes halogenated alkanes) is 2. The molecule has 2 amide bonds. The van der Waals surface area contributed by atoms with Crippen LogP contribution in [0.5, 0.6) is 0 Å². The number of rotatable bonds is 10. The molecule has 3 heterocycles. The zero-order chi connectivity index (χ0) is 23.8. The zero-order valence-electron chi connectivity index (χ0n) is 19.0. The lowest BCUT2D eigenvalue weighted by Crippen LogP contribution is -2.58. The summed E-state index contributed by atoms with van der Waals surface area (Å²) in [7, 11) is 0. The minimum atomic E-state index is -1.12. The normalized spacial score (nSPS) is 35.6. The number of alkyl halides is 1. The molecule has 6 atom stereocenters. The first-order valence-electron chi connectivity index (χ1n) is 12.2. The Morgan fingerprint density at radius 2 is 1.97 bits per heavy atom. The quantitative estimate of drug-likeness (QED) is 0.257. The van der Waals surface area contributed by atoms with Crippen LogP contribution in [0, 0.1) is 11.8 Å². The van der Waals surface area contributed by atoms with Gasteiger partial charge in [0.05, 0.1) is 17.9 Å². The highest BCUT2D eigenvalue weighted by Crippen LogP contribution is 2.60. The Labute approximate surface area is 203 Å². The molecule has 0 aromatic rings. The predicted octanol–water partition coefficient (Wildman–Crippen LogP) is 2.33. The molecule has 1 spiro atoms. The first-order chi connectivity index (χ1) is 15.9. The van der Waals surface area contributed by atoms with Crippen LogP contribution < -0.4 is 0 Å². The van der Waals surface area contributed by atoms with Gasteiger partial charge in [0.25, 0.3) is 0 Å². The summed E-state index contributed by atoms with van der Waals surface area (Å²) in [5.41, 5.74) is -1.12. The molecule has 3 unspecified atom stereocenters. The van der Waals surface area contributed by atoms with E-state index in [9.17, 15) is 19.5 Å². The molecule has 4 aliphatic rings. The average molecular weight is 527 g/mol. The molecular weight excluding hydrogens is 492 g/mol. The summed E-state index contributed by atoms with van der Waals surface area (Å²) >= 11 is 3.58. The molecule has 1 aliphatic carbocycles. The number of carbonyl (C=O) groups is 3. The molecule has 0 aromatic heterocycles. The maximum Gasteiger partial charge on any atom is 0.310 e. The Kier molecular flexibility index (Phi) is 7.50. The van der Waals surface area contributed by atoms with Crippen molar-refractivity contribution in [2.75, 3.05) is 19.7 Å². The van der Waals surface area contributed by atoms with Gasteiger partial charge in [-0.15, -0.1) is 6.58 Å². The monoisotopic (exact) mass is 526 g/mol. The van der Waals surface area contributed by atoms with Crippen molar-refractivity contribution >= 4 is 33.7 Å². The summed E-state index contributed by atoms with van der Waals surface area (Å²) in [6, 6.07) is -0.736. The maximum atomic E-state index is 14.2. The van der Waals surface area contributed by atoms with Crippen molar-refractivity contribution in [3.63, 3.8) is 0 Å². The number of carboxylic acids is 1. The minimum absolute atomic E-state index is 0.0782. The smallest absolute Gasteiger partial charge is 0.310 e. The molecule has 4 fully saturated rings. The number of nitrogens with zero attached hydrogens (tertiary/aromatic N) is 2. The number of carbonyl (C=O) groups excluding carboxylic acids is 2. The third kappa shape index (κ3) is 4.14. The van der Waals surface area contributed by atoms with Crippen molar-refractivity contribution < 1.29 is 29.3 Å². The summed E-state index contributed by atoms with van der Waals surface area (Å²) in [6.45, 7) is 4.69. The molecule has 9 heteroatoms. The molecule has 3 saturated heterocycles. The number of aliphatic hydroxyl groups excluding tert-OH is 1. The lowest BCUT2D eigenvalue weighted by atomic mass is 9.70. The maximum absolute atomic E-state index is 14.2. The molecule has 0 radical (unpaired) electrons. The Morgan fingerprint density at radius 1 is 1.24 bits per heavy atom. The van der Waals surface area contributed by atoms with Crippen LogP contribution in [-0.4, -0.2) is 86.1 Å². The van der Waals surface area contributed by atoms with Gasteiger partial charge in [0, 0.05) is 30.6 Å². The number of halogens is 1. The van der Waals surface area contributed by atoms with E-state index in [0.29, 0.717) is 32.4 Å². The number of aliphatic carboxylic acids is 1. The summed E-state index contributed by atoms with van der Waals surface area (Å²) < 4.78 is 6.34. The molecule has 4 rings (SSSR count). The van der Waals surface area contributed by atoms with E-state index in [4.69, 9.17) is 9.84 Å². The van der Waals surface area contributed by atoms with Crippen LogP contribution in [0.1, 0.15) is 57.8 Å². The van der Waals surface area contributed by atoms with Crippen LogP contribution in [0.3, 0.4) is 0 Å². The number of ether oxygens (including phenoxy) is 1. The molecule has 33 heavy (non-hydrogen) atoms. The van der Waals surface area contributed by atoms with Gasteiger partial charge in [-0.25, -0.2) is 0 Å². The molecule has 184 valence electrons. The van der Waals surface area contributed by atoms with Crippen molar-refractivity contribution in [3.05, 3.63) is 12.7 Å². The van der Waals surface area contributed by atoms with Crippen LogP contribution in [0.15, 0.2) is 12.7 Å². The van der Waals surface area contributed by atoms with Crippen molar-refractivity contribution in [1.82, 2.24) is 9.80 Å². The molecule has 8 nitrogen and oxygen atoms in total. The number of hydrogen-bond acceptors (Lipinski definition) is 5. The van der Waals surface area contributed by atoms with Crippen molar-refractivity contribution in [2.45, 2.75) is 86.4 Å². The fourth-order valence-corrected chi connectivity index (χ4v) is 7.55. The van der Waals surface area contributed by atoms with E-state index < -0.39 is 35.6 Å². The number of hydrogen-bond donors (Lipinski definition) is 2. The second kappa shape index (κ2) is 10.0. The third-order valence-electron chi connectivity index (χ3n) is 7.99. The van der Waals surface area contributed by atoms with Gasteiger partial charge in [-0.3, -0.25) is 14.4 Å². The van der Waals surface area contributed by atoms with E-state index in [2.05, 4.69) is 22.5 Å². The van der Waals surface area contributed by atoms with Gasteiger partial charge in [-0.2, -0.15) is 0 Å². The van der Waals surface area contributed by atoms with Crippen molar-refractivity contribution in [2.24, 2.45) is 11.8 Å². The highest BCUT2D eigenvalue weighted by atomic mass is 79.9. The number of likely N-dealkylation sites (tertiary alicyclic amines) is 1. The van der Waals surface area contributed by atoms with E-state index in [-0.39, 0.29) is 29.3 Å². The van der Waals surface area contributed by atoms with E-state index in [0.717, 1.165) is 38.5 Å². The molecule has 1 saturated carbocycles. The zero-order valence-corrected chi connectivity index (χ0v) is 20.6. The fourth-order valence-electron chi connectivity index (χ4n) is 6.61. The lowest BCUT2D eigenvalue weighted by molar-refractivity contribution is -0.151. The van der Waals surface area contributed by atoms with Crippen LogP contribution in [0.4, 0.5) is 0 Å². The first-order valence-corrected chi connectivity index (χ1v) is 13.2. The SMILES string of the molecule is C=CCN(C(=O)C1N(CCCCCO)C(=O)[C@@H]2[C@H](C(=O)O)[C@H]3OC12CC3Br)C1CCCCC1. The first kappa shape index (κ1) is 24.7. The van der Waals surface area contributed by atoms with Gasteiger partial charge in [-0.05, 0) is 38.5 Å². The Hall–Kier alpha value is -1.45. The molecule has 0 aromatic carbocycles. The van der Waals surface area contributed by atoms with Gasteiger partial charge >= 0.3 is 5.97 Å².